The highest BCUT2D eigenvalue weighted by Gasteiger charge is 2.41. The standard InChI is InChI=1S/C21H31N3O4/c1-8-28-20(25)21(5,13-17-11-9-14(2)10-12-17)24-19(16(4)27-7)22-18(23-24)15(3)26-6/h9-12,15-16H,8,13H2,1-7H3. The van der Waals surface area contributed by atoms with Gasteiger partial charge in [-0.25, -0.2) is 14.5 Å². The fourth-order valence-corrected chi connectivity index (χ4v) is 2.97. The summed E-state index contributed by atoms with van der Waals surface area (Å²) < 4.78 is 17.9. The summed E-state index contributed by atoms with van der Waals surface area (Å²) in [5.41, 5.74) is 1.09. The summed E-state index contributed by atoms with van der Waals surface area (Å²) in [5.74, 6) is 0.701. The molecule has 28 heavy (non-hydrogen) atoms. The molecule has 0 aliphatic rings. The minimum atomic E-state index is -1.08. The molecule has 0 N–H and O–H groups in total. The van der Waals surface area contributed by atoms with Crippen LogP contribution in [0.3, 0.4) is 0 Å². The van der Waals surface area contributed by atoms with Crippen LogP contribution in [0.25, 0.3) is 0 Å². The zero-order valence-electron chi connectivity index (χ0n) is 17.9. The van der Waals surface area contributed by atoms with Gasteiger partial charge in [-0.2, -0.15) is 5.10 Å². The van der Waals surface area contributed by atoms with Gasteiger partial charge in [0.1, 0.15) is 12.2 Å². The highest BCUT2D eigenvalue weighted by Crippen LogP contribution is 2.29. The van der Waals surface area contributed by atoms with Gasteiger partial charge in [-0.05, 0) is 40.2 Å². The van der Waals surface area contributed by atoms with Crippen molar-refractivity contribution in [3.8, 4) is 0 Å². The number of methoxy groups -OCH3 is 2. The lowest BCUT2D eigenvalue weighted by Crippen LogP contribution is -2.44. The zero-order chi connectivity index (χ0) is 20.9. The summed E-state index contributed by atoms with van der Waals surface area (Å²) in [6.07, 6.45) is -0.244. The number of hydrogen-bond donors (Lipinski definition) is 0. The SMILES string of the molecule is CCOC(=O)C(C)(Cc1ccc(C)cc1)n1nc(C(C)OC)nc1C(C)OC. The molecule has 3 atom stereocenters. The molecule has 154 valence electrons. The molecule has 0 saturated heterocycles. The second-order valence-electron chi connectivity index (χ2n) is 7.15. The van der Waals surface area contributed by atoms with Crippen molar-refractivity contribution in [3.63, 3.8) is 0 Å². The maximum absolute atomic E-state index is 13.1. The predicted octanol–water partition coefficient (Wildman–Crippen LogP) is 3.52. The topological polar surface area (TPSA) is 75.5 Å². The third-order valence-electron chi connectivity index (χ3n) is 4.93. The number of carbonyl (C=O) groups excluding carboxylic acids is 1. The van der Waals surface area contributed by atoms with Crippen molar-refractivity contribution >= 4 is 5.97 Å². The Hall–Kier alpha value is -2.25. The summed E-state index contributed by atoms with van der Waals surface area (Å²) in [6.45, 7) is 9.67. The number of benzene rings is 1. The average Bonchev–Trinajstić information content (AvgIpc) is 3.14. The van der Waals surface area contributed by atoms with Crippen molar-refractivity contribution < 1.29 is 19.0 Å². The lowest BCUT2D eigenvalue weighted by Gasteiger charge is -2.30. The van der Waals surface area contributed by atoms with E-state index >= 15 is 0 Å². The third-order valence-corrected chi connectivity index (χ3v) is 4.93. The van der Waals surface area contributed by atoms with Crippen LogP contribution in [0.1, 0.15) is 62.7 Å². The summed E-state index contributed by atoms with van der Waals surface area (Å²) in [7, 11) is 3.20. The van der Waals surface area contributed by atoms with Crippen LogP contribution in [0, 0.1) is 6.92 Å². The number of aryl methyl sites for hydroxylation is 1. The van der Waals surface area contributed by atoms with E-state index < -0.39 is 5.54 Å². The molecule has 0 fully saturated rings. The van der Waals surface area contributed by atoms with Gasteiger partial charge in [0.25, 0.3) is 0 Å². The summed E-state index contributed by atoms with van der Waals surface area (Å²) in [6, 6.07) is 8.09. The fraction of sp³-hybridized carbons (Fsp3) is 0.571. The van der Waals surface area contributed by atoms with E-state index in [1.54, 1.807) is 25.8 Å². The Morgan fingerprint density at radius 3 is 2.29 bits per heavy atom. The van der Waals surface area contributed by atoms with Gasteiger partial charge >= 0.3 is 5.97 Å². The molecule has 0 saturated carbocycles. The Kier molecular flexibility index (Phi) is 7.32. The molecule has 1 heterocycles. The first-order valence-corrected chi connectivity index (χ1v) is 9.52. The molecule has 2 aromatic rings. The Labute approximate surface area is 167 Å². The van der Waals surface area contributed by atoms with Crippen LogP contribution < -0.4 is 0 Å². The van der Waals surface area contributed by atoms with Gasteiger partial charge in [0.2, 0.25) is 0 Å². The van der Waals surface area contributed by atoms with Crippen molar-refractivity contribution in [1.82, 2.24) is 14.8 Å². The quantitative estimate of drug-likeness (QED) is 0.611. The fourth-order valence-electron chi connectivity index (χ4n) is 2.97. The molecular weight excluding hydrogens is 358 g/mol. The van der Waals surface area contributed by atoms with Crippen LogP contribution in [-0.2, 0) is 31.0 Å². The minimum Gasteiger partial charge on any atom is -0.464 e. The maximum atomic E-state index is 13.1. The van der Waals surface area contributed by atoms with E-state index in [0.29, 0.717) is 18.1 Å². The van der Waals surface area contributed by atoms with Gasteiger partial charge < -0.3 is 14.2 Å². The summed E-state index contributed by atoms with van der Waals surface area (Å²) >= 11 is 0. The first-order valence-electron chi connectivity index (χ1n) is 9.52. The van der Waals surface area contributed by atoms with Crippen molar-refractivity contribution in [1.29, 1.82) is 0 Å². The highest BCUT2D eigenvalue weighted by atomic mass is 16.5. The van der Waals surface area contributed by atoms with Crippen LogP contribution in [0.15, 0.2) is 24.3 Å². The molecule has 7 nitrogen and oxygen atoms in total. The Morgan fingerprint density at radius 1 is 1.14 bits per heavy atom. The van der Waals surface area contributed by atoms with E-state index in [4.69, 9.17) is 14.2 Å². The number of rotatable bonds is 9. The number of esters is 1. The molecule has 1 aromatic heterocycles. The summed E-state index contributed by atoms with van der Waals surface area (Å²) in [5, 5.41) is 4.64. The molecule has 0 radical (unpaired) electrons. The van der Waals surface area contributed by atoms with Crippen molar-refractivity contribution in [2.45, 2.75) is 58.8 Å². The third kappa shape index (κ3) is 4.59. The Bertz CT molecular complexity index is 787. The van der Waals surface area contributed by atoms with E-state index in [1.807, 2.05) is 52.0 Å². The highest BCUT2D eigenvalue weighted by molar-refractivity contribution is 5.78. The zero-order valence-corrected chi connectivity index (χ0v) is 17.9. The van der Waals surface area contributed by atoms with Crippen molar-refractivity contribution in [3.05, 3.63) is 47.0 Å². The van der Waals surface area contributed by atoms with Crippen LogP contribution in [-0.4, -0.2) is 41.6 Å². The van der Waals surface area contributed by atoms with Gasteiger partial charge in [-0.1, -0.05) is 29.8 Å². The molecule has 2 rings (SSSR count). The second-order valence-corrected chi connectivity index (χ2v) is 7.15. The molecule has 1 aromatic carbocycles. The van der Waals surface area contributed by atoms with Crippen LogP contribution in [0.5, 0.6) is 0 Å². The molecule has 3 unspecified atom stereocenters. The number of aromatic nitrogens is 3. The molecule has 0 bridgehead atoms. The van der Waals surface area contributed by atoms with E-state index in [2.05, 4.69) is 10.1 Å². The smallest absolute Gasteiger partial charge is 0.334 e. The lowest BCUT2D eigenvalue weighted by molar-refractivity contribution is -0.154. The predicted molar refractivity (Wildman–Crippen MR) is 106 cm³/mol. The van der Waals surface area contributed by atoms with Gasteiger partial charge in [-0.15, -0.1) is 0 Å². The van der Waals surface area contributed by atoms with Crippen molar-refractivity contribution in [2.24, 2.45) is 0 Å². The molecule has 7 heteroatoms. The second kappa shape index (κ2) is 9.30. The largest absolute Gasteiger partial charge is 0.464 e. The first-order chi connectivity index (χ1) is 13.3. The number of ether oxygens (including phenoxy) is 3. The van der Waals surface area contributed by atoms with E-state index in [0.717, 1.165) is 11.1 Å². The van der Waals surface area contributed by atoms with E-state index in [9.17, 15) is 4.79 Å². The van der Waals surface area contributed by atoms with Gasteiger partial charge in [-0.3, -0.25) is 0 Å². The van der Waals surface area contributed by atoms with Gasteiger partial charge in [0.15, 0.2) is 17.2 Å². The van der Waals surface area contributed by atoms with E-state index in [-0.39, 0.29) is 24.8 Å². The van der Waals surface area contributed by atoms with E-state index in [1.165, 1.54) is 0 Å². The minimum absolute atomic E-state index is 0.285. The van der Waals surface area contributed by atoms with Crippen molar-refractivity contribution in [2.75, 3.05) is 20.8 Å². The maximum Gasteiger partial charge on any atom is 0.334 e. The van der Waals surface area contributed by atoms with Crippen LogP contribution in [0.2, 0.25) is 0 Å². The molecule has 0 aliphatic carbocycles. The molecule has 0 aliphatic heterocycles. The number of hydrogen-bond acceptors (Lipinski definition) is 6. The Morgan fingerprint density at radius 2 is 1.75 bits per heavy atom. The number of carbonyl (C=O) groups is 1. The van der Waals surface area contributed by atoms with Gasteiger partial charge in [0, 0.05) is 20.6 Å². The Balaban J connectivity index is 2.59. The number of nitrogens with zero attached hydrogens (tertiary/aromatic N) is 3. The lowest BCUT2D eigenvalue weighted by atomic mass is 9.92. The molecule has 0 amide bonds. The van der Waals surface area contributed by atoms with Gasteiger partial charge in [0.05, 0.1) is 6.61 Å². The average molecular weight is 389 g/mol. The van der Waals surface area contributed by atoms with Crippen LogP contribution >= 0.6 is 0 Å². The van der Waals surface area contributed by atoms with Crippen LogP contribution in [0.4, 0.5) is 0 Å². The molecule has 0 spiro atoms. The first kappa shape index (κ1) is 22.0. The molecular formula is C21H31N3O4. The normalized spacial score (nSPS) is 15.7. The monoisotopic (exact) mass is 389 g/mol. The summed E-state index contributed by atoms with van der Waals surface area (Å²) in [4.78, 5) is 17.7.